The summed E-state index contributed by atoms with van der Waals surface area (Å²) in [4.78, 5) is 0. The van der Waals surface area contributed by atoms with Crippen molar-refractivity contribution in [3.63, 3.8) is 0 Å². The van der Waals surface area contributed by atoms with E-state index >= 15 is 0 Å². The smallest absolute Gasteiger partial charge is 0.153 e. The third kappa shape index (κ3) is 1.18. The van der Waals surface area contributed by atoms with Crippen LogP contribution in [0.25, 0.3) is 11.1 Å². The van der Waals surface area contributed by atoms with Crippen LogP contribution >= 0.6 is 0 Å². The molecule has 5 nitrogen and oxygen atoms in total. The first kappa shape index (κ1) is 7.85. The van der Waals surface area contributed by atoms with Crippen molar-refractivity contribution in [3.05, 3.63) is 18.1 Å². The van der Waals surface area contributed by atoms with Gasteiger partial charge in [0.15, 0.2) is 5.82 Å². The van der Waals surface area contributed by atoms with Gasteiger partial charge in [-0.2, -0.15) is 10.2 Å². The van der Waals surface area contributed by atoms with Gasteiger partial charge in [-0.3, -0.25) is 9.78 Å². The van der Waals surface area contributed by atoms with Crippen molar-refractivity contribution in [1.29, 1.82) is 0 Å². The molecule has 5 heteroatoms. The van der Waals surface area contributed by atoms with Crippen molar-refractivity contribution in [2.24, 2.45) is 7.05 Å². The molecule has 0 fully saturated rings. The second kappa shape index (κ2) is 2.62. The molecule has 2 rings (SSSR count). The minimum Gasteiger partial charge on any atom is -0.382 e. The maximum absolute atomic E-state index is 5.70. The van der Waals surface area contributed by atoms with Gasteiger partial charge in [-0.1, -0.05) is 0 Å². The molecular formula is C8H11N5. The van der Waals surface area contributed by atoms with Crippen LogP contribution in [-0.2, 0) is 7.05 Å². The Hall–Kier alpha value is -1.78. The molecule has 0 bridgehead atoms. The molecule has 0 aliphatic carbocycles. The lowest BCUT2D eigenvalue weighted by Gasteiger charge is -1.94. The minimum absolute atomic E-state index is 0.519. The molecule has 2 aromatic heterocycles. The molecule has 13 heavy (non-hydrogen) atoms. The number of H-pyrrole nitrogens is 1. The highest BCUT2D eigenvalue weighted by molar-refractivity contribution is 5.74. The second-order valence-electron chi connectivity index (χ2n) is 3.01. The summed E-state index contributed by atoms with van der Waals surface area (Å²) in [6.45, 7) is 1.94. The first-order chi connectivity index (χ1) is 6.18. The number of nitrogens with one attached hydrogen (secondary N) is 1. The molecule has 0 atom stereocenters. The van der Waals surface area contributed by atoms with Gasteiger partial charge in [-0.25, -0.2) is 0 Å². The van der Waals surface area contributed by atoms with Gasteiger partial charge in [-0.05, 0) is 6.92 Å². The molecule has 3 N–H and O–H groups in total. The van der Waals surface area contributed by atoms with Gasteiger partial charge in [0.2, 0.25) is 0 Å². The maximum atomic E-state index is 5.70. The molecule has 0 aromatic carbocycles. The molecule has 0 saturated carbocycles. The van der Waals surface area contributed by atoms with Crippen LogP contribution in [0.15, 0.2) is 12.4 Å². The van der Waals surface area contributed by atoms with E-state index in [9.17, 15) is 0 Å². The lowest BCUT2D eigenvalue weighted by atomic mass is 10.1. The van der Waals surface area contributed by atoms with Crippen molar-refractivity contribution in [3.8, 4) is 11.1 Å². The molecule has 0 saturated heterocycles. The van der Waals surface area contributed by atoms with Crippen LogP contribution in [0.5, 0.6) is 0 Å². The van der Waals surface area contributed by atoms with E-state index in [1.54, 1.807) is 10.9 Å². The monoisotopic (exact) mass is 177 g/mol. The summed E-state index contributed by atoms with van der Waals surface area (Å²) in [7, 11) is 1.87. The zero-order chi connectivity index (χ0) is 9.42. The Kier molecular flexibility index (Phi) is 1.58. The molecule has 0 aliphatic heterocycles. The summed E-state index contributed by atoms with van der Waals surface area (Å²) in [6.07, 6.45) is 3.68. The Morgan fingerprint density at radius 1 is 1.54 bits per heavy atom. The minimum atomic E-state index is 0.519. The van der Waals surface area contributed by atoms with Gasteiger partial charge in [-0.15, -0.1) is 0 Å². The third-order valence-electron chi connectivity index (χ3n) is 1.97. The van der Waals surface area contributed by atoms with Crippen molar-refractivity contribution < 1.29 is 0 Å². The number of nitrogens with zero attached hydrogens (tertiary/aromatic N) is 3. The largest absolute Gasteiger partial charge is 0.382 e. The SMILES string of the molecule is Cc1[nH]nc(N)c1-c1cnn(C)c1. The molecule has 0 aliphatic rings. The Labute approximate surface area is 75.6 Å². The molecule has 0 unspecified atom stereocenters. The number of aryl methyl sites for hydroxylation is 2. The lowest BCUT2D eigenvalue weighted by molar-refractivity contribution is 0.768. The van der Waals surface area contributed by atoms with Gasteiger partial charge in [0.1, 0.15) is 0 Å². The maximum Gasteiger partial charge on any atom is 0.153 e. The average Bonchev–Trinajstić information content (AvgIpc) is 2.60. The number of aromatic amines is 1. The number of nitrogen functional groups attached to an aromatic ring is 1. The number of aromatic nitrogens is 4. The second-order valence-corrected chi connectivity index (χ2v) is 3.01. The van der Waals surface area contributed by atoms with Crippen LogP contribution in [0.1, 0.15) is 5.69 Å². The number of hydrogen-bond donors (Lipinski definition) is 2. The Morgan fingerprint density at radius 2 is 2.31 bits per heavy atom. The molecule has 0 spiro atoms. The fourth-order valence-corrected chi connectivity index (χ4v) is 1.36. The van der Waals surface area contributed by atoms with Gasteiger partial charge in [0.05, 0.1) is 6.20 Å². The van der Waals surface area contributed by atoms with E-state index in [1.807, 2.05) is 20.2 Å². The average molecular weight is 177 g/mol. The van der Waals surface area contributed by atoms with Crippen LogP contribution in [0.4, 0.5) is 5.82 Å². The van der Waals surface area contributed by atoms with Gasteiger partial charge < -0.3 is 5.73 Å². The van der Waals surface area contributed by atoms with Crippen LogP contribution < -0.4 is 5.73 Å². The van der Waals surface area contributed by atoms with E-state index < -0.39 is 0 Å². The van der Waals surface area contributed by atoms with Crippen LogP contribution in [-0.4, -0.2) is 20.0 Å². The highest BCUT2D eigenvalue weighted by Crippen LogP contribution is 2.26. The summed E-state index contributed by atoms with van der Waals surface area (Å²) in [5.74, 6) is 0.519. The van der Waals surface area contributed by atoms with E-state index in [0.29, 0.717) is 5.82 Å². The summed E-state index contributed by atoms with van der Waals surface area (Å²) in [6, 6.07) is 0. The standard InChI is InChI=1S/C8H11N5/c1-5-7(8(9)12-11-5)6-3-10-13(2)4-6/h3-4H,1-2H3,(H3,9,11,12). The Morgan fingerprint density at radius 3 is 2.77 bits per heavy atom. The van der Waals surface area contributed by atoms with Crippen LogP contribution in [0.2, 0.25) is 0 Å². The van der Waals surface area contributed by atoms with Crippen LogP contribution in [0.3, 0.4) is 0 Å². The van der Waals surface area contributed by atoms with E-state index in [1.165, 1.54) is 0 Å². The quantitative estimate of drug-likeness (QED) is 0.673. The van der Waals surface area contributed by atoms with Crippen molar-refractivity contribution in [2.45, 2.75) is 6.92 Å². The molecule has 2 aromatic rings. The number of rotatable bonds is 1. The lowest BCUT2D eigenvalue weighted by Crippen LogP contribution is -1.87. The Bertz CT molecular complexity index is 406. The highest BCUT2D eigenvalue weighted by Gasteiger charge is 2.10. The van der Waals surface area contributed by atoms with Gasteiger partial charge in [0.25, 0.3) is 0 Å². The first-order valence-electron chi connectivity index (χ1n) is 3.98. The zero-order valence-corrected chi connectivity index (χ0v) is 7.57. The first-order valence-corrected chi connectivity index (χ1v) is 3.98. The summed E-state index contributed by atoms with van der Waals surface area (Å²) in [5, 5.41) is 10.8. The van der Waals surface area contributed by atoms with Gasteiger partial charge >= 0.3 is 0 Å². The zero-order valence-electron chi connectivity index (χ0n) is 7.57. The highest BCUT2D eigenvalue weighted by atomic mass is 15.2. The van der Waals surface area contributed by atoms with E-state index in [2.05, 4.69) is 15.3 Å². The normalized spacial score (nSPS) is 10.6. The number of anilines is 1. The third-order valence-corrected chi connectivity index (χ3v) is 1.97. The van der Waals surface area contributed by atoms with Gasteiger partial charge in [0, 0.05) is 30.1 Å². The van der Waals surface area contributed by atoms with E-state index in [4.69, 9.17) is 5.73 Å². The molecule has 0 amide bonds. The molecular weight excluding hydrogens is 166 g/mol. The molecule has 0 radical (unpaired) electrons. The predicted octanol–water partition coefficient (Wildman–Crippen LogP) is 0.701. The number of nitrogens with two attached hydrogens (primary N) is 1. The van der Waals surface area contributed by atoms with Crippen molar-refractivity contribution >= 4 is 5.82 Å². The summed E-state index contributed by atoms with van der Waals surface area (Å²) >= 11 is 0. The topological polar surface area (TPSA) is 72.5 Å². The fraction of sp³-hybridized carbons (Fsp3) is 0.250. The fourth-order valence-electron chi connectivity index (χ4n) is 1.36. The van der Waals surface area contributed by atoms with Crippen molar-refractivity contribution in [1.82, 2.24) is 20.0 Å². The summed E-state index contributed by atoms with van der Waals surface area (Å²) in [5.41, 5.74) is 8.60. The van der Waals surface area contributed by atoms with E-state index in [0.717, 1.165) is 16.8 Å². The van der Waals surface area contributed by atoms with Crippen molar-refractivity contribution in [2.75, 3.05) is 5.73 Å². The van der Waals surface area contributed by atoms with Crippen LogP contribution in [0, 0.1) is 6.92 Å². The molecule has 2 heterocycles. The Balaban J connectivity index is 2.57. The predicted molar refractivity (Wildman–Crippen MR) is 49.9 cm³/mol. The molecule has 68 valence electrons. The number of hydrogen-bond acceptors (Lipinski definition) is 3. The van der Waals surface area contributed by atoms with E-state index in [-0.39, 0.29) is 0 Å². The summed E-state index contributed by atoms with van der Waals surface area (Å²) < 4.78 is 1.74.